The van der Waals surface area contributed by atoms with Crippen LogP contribution >= 0.6 is 11.8 Å². The maximum Gasteiger partial charge on any atom is 0.321 e. The molecule has 0 radical (unpaired) electrons. The maximum atomic E-state index is 11.7. The van der Waals surface area contributed by atoms with Crippen molar-refractivity contribution in [3.05, 3.63) is 30.5 Å². The van der Waals surface area contributed by atoms with Crippen LogP contribution in [0.1, 0.15) is 13.3 Å². The van der Waals surface area contributed by atoms with Crippen LogP contribution in [0.4, 0.5) is 4.79 Å². The van der Waals surface area contributed by atoms with Crippen molar-refractivity contribution in [1.82, 2.24) is 20.8 Å². The van der Waals surface area contributed by atoms with Crippen molar-refractivity contribution in [3.63, 3.8) is 0 Å². The van der Waals surface area contributed by atoms with E-state index in [2.05, 4.69) is 20.8 Å². The van der Waals surface area contributed by atoms with Gasteiger partial charge in [-0.05, 0) is 6.42 Å². The van der Waals surface area contributed by atoms with Gasteiger partial charge in [-0.15, -0.1) is 5.10 Å². The number of urea groups is 1. The van der Waals surface area contributed by atoms with Crippen LogP contribution < -0.4 is 10.6 Å². The van der Waals surface area contributed by atoms with E-state index in [4.69, 9.17) is 0 Å². The zero-order valence-corrected chi connectivity index (χ0v) is 12.4. The molecule has 0 unspecified atom stereocenters. The summed E-state index contributed by atoms with van der Waals surface area (Å²) in [4.78, 5) is 23.0. The normalized spacial score (nSPS) is 10.3. The SMILES string of the molecule is CCCNC(=O)NC(=O)CSc1nncc2ccccc12. The molecule has 0 atom stereocenters. The Hall–Kier alpha value is -2.15. The van der Waals surface area contributed by atoms with E-state index in [1.54, 1.807) is 6.20 Å². The summed E-state index contributed by atoms with van der Waals surface area (Å²) in [6, 6.07) is 7.23. The zero-order valence-electron chi connectivity index (χ0n) is 11.6. The molecule has 0 aliphatic heterocycles. The van der Waals surface area contributed by atoms with E-state index < -0.39 is 6.03 Å². The van der Waals surface area contributed by atoms with E-state index in [-0.39, 0.29) is 11.7 Å². The molecule has 7 heteroatoms. The Morgan fingerprint density at radius 2 is 2.10 bits per heavy atom. The van der Waals surface area contributed by atoms with Crippen LogP contribution in [0, 0.1) is 0 Å². The van der Waals surface area contributed by atoms with Gasteiger partial charge in [-0.1, -0.05) is 43.0 Å². The lowest BCUT2D eigenvalue weighted by Gasteiger charge is -2.06. The van der Waals surface area contributed by atoms with Crippen LogP contribution in [0.2, 0.25) is 0 Å². The summed E-state index contributed by atoms with van der Waals surface area (Å²) in [5.74, 6) is -0.245. The maximum absolute atomic E-state index is 11.7. The van der Waals surface area contributed by atoms with Gasteiger partial charge in [0.15, 0.2) is 0 Å². The topological polar surface area (TPSA) is 84.0 Å². The molecule has 2 N–H and O–H groups in total. The number of nitrogens with zero attached hydrogens (tertiary/aromatic N) is 2. The Kier molecular flexibility index (Phi) is 5.51. The summed E-state index contributed by atoms with van der Waals surface area (Å²) in [6.45, 7) is 2.48. The second-order valence-electron chi connectivity index (χ2n) is 4.33. The van der Waals surface area contributed by atoms with Crippen molar-refractivity contribution in [2.24, 2.45) is 0 Å². The van der Waals surface area contributed by atoms with Crippen molar-refractivity contribution >= 4 is 34.5 Å². The molecule has 110 valence electrons. The fourth-order valence-corrected chi connectivity index (χ4v) is 2.47. The minimum Gasteiger partial charge on any atom is -0.338 e. The summed E-state index contributed by atoms with van der Waals surface area (Å²) >= 11 is 1.26. The van der Waals surface area contributed by atoms with E-state index in [9.17, 15) is 9.59 Å². The molecule has 1 aromatic carbocycles. The van der Waals surface area contributed by atoms with Gasteiger partial charge in [-0.3, -0.25) is 10.1 Å². The Balaban J connectivity index is 1.93. The average Bonchev–Trinajstić information content (AvgIpc) is 2.51. The second kappa shape index (κ2) is 7.58. The Morgan fingerprint density at radius 1 is 1.29 bits per heavy atom. The fourth-order valence-electron chi connectivity index (χ4n) is 1.69. The molecule has 0 fully saturated rings. The first-order valence-electron chi connectivity index (χ1n) is 6.61. The second-order valence-corrected chi connectivity index (χ2v) is 5.29. The predicted octanol–water partition coefficient (Wildman–Crippen LogP) is 1.96. The van der Waals surface area contributed by atoms with Gasteiger partial charge in [-0.25, -0.2) is 4.79 Å². The minimum absolute atomic E-state index is 0.113. The van der Waals surface area contributed by atoms with Crippen molar-refractivity contribution in [2.75, 3.05) is 12.3 Å². The van der Waals surface area contributed by atoms with Gasteiger partial charge in [0.25, 0.3) is 0 Å². The van der Waals surface area contributed by atoms with Gasteiger partial charge in [0.05, 0.1) is 11.9 Å². The summed E-state index contributed by atoms with van der Waals surface area (Å²) in [5, 5.41) is 15.4. The number of benzene rings is 1. The Morgan fingerprint density at radius 3 is 2.90 bits per heavy atom. The predicted molar refractivity (Wildman–Crippen MR) is 82.1 cm³/mol. The van der Waals surface area contributed by atoms with E-state index >= 15 is 0 Å². The highest BCUT2D eigenvalue weighted by Crippen LogP contribution is 2.24. The molecule has 0 bridgehead atoms. The van der Waals surface area contributed by atoms with Gasteiger partial charge in [0, 0.05) is 17.3 Å². The molecule has 1 heterocycles. The smallest absolute Gasteiger partial charge is 0.321 e. The highest BCUT2D eigenvalue weighted by molar-refractivity contribution is 8.00. The average molecular weight is 304 g/mol. The number of imide groups is 1. The molecule has 0 saturated carbocycles. The number of amides is 3. The third-order valence-corrected chi connectivity index (χ3v) is 3.65. The minimum atomic E-state index is -0.466. The standard InChI is InChI=1S/C14H16N4O2S/c1-2-7-15-14(20)17-12(19)9-21-13-11-6-4-3-5-10(11)8-16-18-13/h3-6,8H,2,7,9H2,1H3,(H2,15,17,19,20). The molecule has 1 aromatic heterocycles. The van der Waals surface area contributed by atoms with Gasteiger partial charge in [0.2, 0.25) is 5.91 Å². The molecule has 0 aliphatic rings. The van der Waals surface area contributed by atoms with E-state index in [0.717, 1.165) is 17.2 Å². The van der Waals surface area contributed by atoms with Crippen LogP contribution in [0.25, 0.3) is 10.8 Å². The first-order chi connectivity index (χ1) is 10.2. The first kappa shape index (κ1) is 15.2. The van der Waals surface area contributed by atoms with Crippen LogP contribution in [0.5, 0.6) is 0 Å². The number of fused-ring (bicyclic) bond motifs is 1. The van der Waals surface area contributed by atoms with Gasteiger partial charge in [0.1, 0.15) is 5.03 Å². The summed E-state index contributed by atoms with van der Waals surface area (Å²) in [7, 11) is 0. The van der Waals surface area contributed by atoms with Crippen LogP contribution in [0.15, 0.2) is 35.5 Å². The third-order valence-electron chi connectivity index (χ3n) is 2.67. The van der Waals surface area contributed by atoms with Crippen LogP contribution in [-0.4, -0.2) is 34.4 Å². The Bertz CT molecular complexity index is 642. The van der Waals surface area contributed by atoms with Gasteiger partial charge in [-0.2, -0.15) is 5.10 Å². The summed E-state index contributed by atoms with van der Waals surface area (Å²) in [6.07, 6.45) is 2.50. The molecule has 3 amide bonds. The lowest BCUT2D eigenvalue weighted by molar-refractivity contribution is -0.117. The molecule has 2 aromatic rings. The number of hydrogen-bond donors (Lipinski definition) is 2. The molecule has 0 spiro atoms. The molecule has 0 saturated heterocycles. The number of aromatic nitrogens is 2. The Labute approximate surface area is 126 Å². The highest BCUT2D eigenvalue weighted by Gasteiger charge is 2.10. The van der Waals surface area contributed by atoms with Gasteiger partial charge < -0.3 is 5.32 Å². The summed E-state index contributed by atoms with van der Waals surface area (Å²) in [5.41, 5.74) is 0. The number of nitrogens with one attached hydrogen (secondary N) is 2. The lowest BCUT2D eigenvalue weighted by atomic mass is 10.2. The van der Waals surface area contributed by atoms with Crippen LogP contribution in [-0.2, 0) is 4.79 Å². The highest BCUT2D eigenvalue weighted by atomic mass is 32.2. The number of thioether (sulfide) groups is 1. The van der Waals surface area contributed by atoms with Gasteiger partial charge >= 0.3 is 6.03 Å². The molecule has 2 rings (SSSR count). The number of carbonyl (C=O) groups is 2. The number of hydrogen-bond acceptors (Lipinski definition) is 5. The quantitative estimate of drug-likeness (QED) is 0.825. The first-order valence-corrected chi connectivity index (χ1v) is 7.60. The molecule has 0 aliphatic carbocycles. The van der Waals surface area contributed by atoms with Crippen molar-refractivity contribution < 1.29 is 9.59 Å². The monoisotopic (exact) mass is 304 g/mol. The van der Waals surface area contributed by atoms with E-state index in [1.165, 1.54) is 11.8 Å². The van der Waals surface area contributed by atoms with Crippen molar-refractivity contribution in [3.8, 4) is 0 Å². The number of carbonyl (C=O) groups excluding carboxylic acids is 2. The largest absolute Gasteiger partial charge is 0.338 e. The fraction of sp³-hybridized carbons (Fsp3) is 0.286. The molecular weight excluding hydrogens is 288 g/mol. The van der Waals surface area contributed by atoms with Crippen molar-refractivity contribution in [2.45, 2.75) is 18.4 Å². The molecular formula is C14H16N4O2S. The molecule has 6 nitrogen and oxygen atoms in total. The molecule has 21 heavy (non-hydrogen) atoms. The summed E-state index contributed by atoms with van der Waals surface area (Å²) < 4.78 is 0. The van der Waals surface area contributed by atoms with Crippen molar-refractivity contribution in [1.29, 1.82) is 0 Å². The lowest BCUT2D eigenvalue weighted by Crippen LogP contribution is -2.40. The van der Waals surface area contributed by atoms with E-state index in [1.807, 2.05) is 31.2 Å². The van der Waals surface area contributed by atoms with E-state index in [0.29, 0.717) is 11.6 Å². The van der Waals surface area contributed by atoms with Crippen LogP contribution in [0.3, 0.4) is 0 Å². The zero-order chi connectivity index (χ0) is 15.1. The third kappa shape index (κ3) is 4.42. The number of rotatable bonds is 5.